The van der Waals surface area contributed by atoms with Gasteiger partial charge in [0.05, 0.1) is 6.10 Å². The van der Waals surface area contributed by atoms with E-state index in [-0.39, 0.29) is 12.2 Å². The highest BCUT2D eigenvalue weighted by Crippen LogP contribution is 2.24. The summed E-state index contributed by atoms with van der Waals surface area (Å²) < 4.78 is 5.72. The maximum Gasteiger partial charge on any atom is 0.124 e. The normalized spacial score (nSPS) is 26.4. The molecule has 1 aromatic rings. The van der Waals surface area contributed by atoms with Gasteiger partial charge in [0.25, 0.3) is 0 Å². The van der Waals surface area contributed by atoms with E-state index in [2.05, 4.69) is 0 Å². The minimum Gasteiger partial charge on any atom is -0.488 e. The first-order valence-electron chi connectivity index (χ1n) is 5.17. The number of aliphatic hydroxyl groups is 1. The summed E-state index contributed by atoms with van der Waals surface area (Å²) in [6, 6.07) is 7.97. The average molecular weight is 192 g/mol. The predicted octanol–water partition coefficient (Wildman–Crippen LogP) is 2.29. The Bertz CT molecular complexity index is 309. The number of rotatable bonds is 2. The molecule has 1 fully saturated rings. The van der Waals surface area contributed by atoms with Crippen LogP contribution in [0.25, 0.3) is 0 Å². The van der Waals surface area contributed by atoms with Gasteiger partial charge in [-0.25, -0.2) is 0 Å². The quantitative estimate of drug-likeness (QED) is 0.779. The van der Waals surface area contributed by atoms with Crippen molar-refractivity contribution in [2.75, 3.05) is 0 Å². The molecule has 1 aromatic carbocycles. The Kier molecular flexibility index (Phi) is 2.73. The van der Waals surface area contributed by atoms with E-state index in [0.717, 1.165) is 25.0 Å². The highest BCUT2D eigenvalue weighted by molar-refractivity contribution is 5.27. The lowest BCUT2D eigenvalue weighted by atomic mass is 10.2. The van der Waals surface area contributed by atoms with E-state index in [9.17, 15) is 5.11 Å². The Labute approximate surface area is 84.5 Å². The van der Waals surface area contributed by atoms with Crippen LogP contribution in [0.3, 0.4) is 0 Å². The van der Waals surface area contributed by atoms with E-state index in [1.54, 1.807) is 0 Å². The van der Waals surface area contributed by atoms with E-state index >= 15 is 0 Å². The van der Waals surface area contributed by atoms with Gasteiger partial charge in [0.15, 0.2) is 0 Å². The van der Waals surface area contributed by atoms with E-state index < -0.39 is 0 Å². The van der Waals surface area contributed by atoms with Crippen LogP contribution in [0.15, 0.2) is 24.3 Å². The topological polar surface area (TPSA) is 29.5 Å². The second-order valence-corrected chi connectivity index (χ2v) is 3.97. The lowest BCUT2D eigenvalue weighted by Crippen LogP contribution is -2.25. The van der Waals surface area contributed by atoms with Crippen molar-refractivity contribution in [3.8, 4) is 5.75 Å². The zero-order chi connectivity index (χ0) is 9.97. The van der Waals surface area contributed by atoms with Crippen LogP contribution in [-0.2, 0) is 0 Å². The van der Waals surface area contributed by atoms with Crippen molar-refractivity contribution in [2.45, 2.75) is 38.4 Å². The van der Waals surface area contributed by atoms with Gasteiger partial charge in [-0.2, -0.15) is 0 Å². The number of benzene rings is 1. The van der Waals surface area contributed by atoms with Crippen LogP contribution in [0.2, 0.25) is 0 Å². The Balaban J connectivity index is 2.03. The Morgan fingerprint density at radius 1 is 1.36 bits per heavy atom. The van der Waals surface area contributed by atoms with Crippen LogP contribution in [-0.4, -0.2) is 17.3 Å². The van der Waals surface area contributed by atoms with Gasteiger partial charge < -0.3 is 9.84 Å². The maximum absolute atomic E-state index is 9.59. The van der Waals surface area contributed by atoms with Crippen LogP contribution in [0.1, 0.15) is 24.8 Å². The first-order valence-corrected chi connectivity index (χ1v) is 5.17. The standard InChI is InChI=1S/C12H16O2/c1-9-4-2-5-10(8-9)14-12-7-3-6-11(12)13/h2,4-5,8,11-13H,3,6-7H2,1H3/t11-,12-/m1/s1. The lowest BCUT2D eigenvalue weighted by molar-refractivity contribution is 0.0604. The number of aryl methyl sites for hydroxylation is 1. The monoisotopic (exact) mass is 192 g/mol. The van der Waals surface area contributed by atoms with Crippen molar-refractivity contribution < 1.29 is 9.84 Å². The molecule has 0 aliphatic heterocycles. The summed E-state index contributed by atoms with van der Waals surface area (Å²) in [5.41, 5.74) is 1.19. The molecule has 0 unspecified atom stereocenters. The fourth-order valence-electron chi connectivity index (χ4n) is 1.91. The molecule has 0 bridgehead atoms. The molecule has 2 atom stereocenters. The van der Waals surface area contributed by atoms with Crippen molar-refractivity contribution in [3.05, 3.63) is 29.8 Å². The zero-order valence-corrected chi connectivity index (χ0v) is 8.44. The smallest absolute Gasteiger partial charge is 0.124 e. The zero-order valence-electron chi connectivity index (χ0n) is 8.44. The molecule has 0 heterocycles. The first kappa shape index (κ1) is 9.53. The average Bonchev–Trinajstić information content (AvgIpc) is 2.52. The van der Waals surface area contributed by atoms with Crippen molar-refractivity contribution in [1.82, 2.24) is 0 Å². The summed E-state index contributed by atoms with van der Waals surface area (Å²) in [4.78, 5) is 0. The fraction of sp³-hybridized carbons (Fsp3) is 0.500. The molecule has 2 nitrogen and oxygen atoms in total. The third-order valence-electron chi connectivity index (χ3n) is 2.69. The first-order chi connectivity index (χ1) is 6.75. The summed E-state index contributed by atoms with van der Waals surface area (Å²) in [5.74, 6) is 0.871. The van der Waals surface area contributed by atoms with Crippen LogP contribution in [0, 0.1) is 6.92 Å². The van der Waals surface area contributed by atoms with Crippen LogP contribution in [0.5, 0.6) is 5.75 Å². The minimum atomic E-state index is -0.282. The summed E-state index contributed by atoms with van der Waals surface area (Å²) in [5, 5.41) is 9.59. The van der Waals surface area contributed by atoms with Crippen LogP contribution in [0.4, 0.5) is 0 Å². The molecule has 0 radical (unpaired) electrons. The third kappa shape index (κ3) is 2.07. The van der Waals surface area contributed by atoms with Gasteiger partial charge in [0.2, 0.25) is 0 Å². The van der Waals surface area contributed by atoms with Gasteiger partial charge in [0.1, 0.15) is 11.9 Å². The molecular weight excluding hydrogens is 176 g/mol. The molecule has 0 saturated heterocycles. The van der Waals surface area contributed by atoms with Crippen LogP contribution < -0.4 is 4.74 Å². The fourth-order valence-corrected chi connectivity index (χ4v) is 1.91. The van der Waals surface area contributed by atoms with Crippen molar-refractivity contribution in [3.63, 3.8) is 0 Å². The molecular formula is C12H16O2. The van der Waals surface area contributed by atoms with Gasteiger partial charge >= 0.3 is 0 Å². The number of aliphatic hydroxyl groups excluding tert-OH is 1. The summed E-state index contributed by atoms with van der Waals surface area (Å²) in [6.07, 6.45) is 2.62. The second kappa shape index (κ2) is 4.01. The predicted molar refractivity (Wildman–Crippen MR) is 55.5 cm³/mol. The minimum absolute atomic E-state index is 0.00296. The molecule has 2 rings (SSSR count). The van der Waals surface area contributed by atoms with Crippen molar-refractivity contribution in [1.29, 1.82) is 0 Å². The SMILES string of the molecule is Cc1cccc(O[C@@H]2CCC[C@H]2O)c1. The molecule has 2 heteroatoms. The van der Waals surface area contributed by atoms with Gasteiger partial charge in [-0.3, -0.25) is 0 Å². The molecule has 14 heavy (non-hydrogen) atoms. The third-order valence-corrected chi connectivity index (χ3v) is 2.69. The molecule has 1 aliphatic rings. The summed E-state index contributed by atoms with van der Waals surface area (Å²) in [6.45, 7) is 2.04. The highest BCUT2D eigenvalue weighted by Gasteiger charge is 2.26. The van der Waals surface area contributed by atoms with Gasteiger partial charge in [-0.05, 0) is 43.9 Å². The van der Waals surface area contributed by atoms with Crippen molar-refractivity contribution in [2.24, 2.45) is 0 Å². The molecule has 1 saturated carbocycles. The summed E-state index contributed by atoms with van der Waals surface area (Å²) >= 11 is 0. The number of hydrogen-bond donors (Lipinski definition) is 1. The van der Waals surface area contributed by atoms with E-state index in [4.69, 9.17) is 4.74 Å². The van der Waals surface area contributed by atoms with Crippen molar-refractivity contribution >= 4 is 0 Å². The molecule has 76 valence electrons. The Morgan fingerprint density at radius 2 is 2.21 bits per heavy atom. The van der Waals surface area contributed by atoms with Gasteiger partial charge in [-0.1, -0.05) is 12.1 Å². The van der Waals surface area contributed by atoms with E-state index in [0.29, 0.717) is 0 Å². The molecule has 0 spiro atoms. The highest BCUT2D eigenvalue weighted by atomic mass is 16.5. The number of hydrogen-bond acceptors (Lipinski definition) is 2. The summed E-state index contributed by atoms with van der Waals surface area (Å²) in [7, 11) is 0. The molecule has 0 aromatic heterocycles. The van der Waals surface area contributed by atoms with E-state index in [1.165, 1.54) is 5.56 Å². The molecule has 1 N–H and O–H groups in total. The molecule has 1 aliphatic carbocycles. The van der Waals surface area contributed by atoms with Gasteiger partial charge in [0, 0.05) is 0 Å². The van der Waals surface area contributed by atoms with E-state index in [1.807, 2.05) is 31.2 Å². The Morgan fingerprint density at radius 3 is 2.86 bits per heavy atom. The number of ether oxygens (including phenoxy) is 1. The second-order valence-electron chi connectivity index (χ2n) is 3.97. The van der Waals surface area contributed by atoms with Crippen LogP contribution >= 0.6 is 0 Å². The van der Waals surface area contributed by atoms with Gasteiger partial charge in [-0.15, -0.1) is 0 Å². The molecule has 0 amide bonds. The largest absolute Gasteiger partial charge is 0.488 e. The lowest BCUT2D eigenvalue weighted by Gasteiger charge is -2.17. The Hall–Kier alpha value is -1.02. The maximum atomic E-state index is 9.59.